The van der Waals surface area contributed by atoms with Crippen LogP contribution in [0.1, 0.15) is 17.5 Å². The van der Waals surface area contributed by atoms with Crippen LogP contribution in [0.15, 0.2) is 18.2 Å². The van der Waals surface area contributed by atoms with Gasteiger partial charge in [0.15, 0.2) is 0 Å². The summed E-state index contributed by atoms with van der Waals surface area (Å²) in [5.41, 5.74) is 0.742. The normalized spacial score (nSPS) is 9.53. The van der Waals surface area contributed by atoms with Crippen LogP contribution in [0.3, 0.4) is 0 Å². The van der Waals surface area contributed by atoms with Gasteiger partial charge in [0.25, 0.3) is 0 Å². The SMILES string of the molecule is CNCCC#Cc1ccc(CC(=O)O)c(F)c1. The number of carboxylic acid groups (broad SMARTS) is 1. The molecule has 0 heterocycles. The standard InChI is InChI=1S/C13H14FNO2/c1-15-7-3-2-4-10-5-6-11(9-13(16)17)12(14)8-10/h5-6,8,15H,3,7,9H2,1H3,(H,16,17). The van der Waals surface area contributed by atoms with Crippen molar-refractivity contribution in [2.45, 2.75) is 12.8 Å². The number of benzene rings is 1. The highest BCUT2D eigenvalue weighted by atomic mass is 19.1. The van der Waals surface area contributed by atoms with Crippen LogP contribution in [0.4, 0.5) is 4.39 Å². The largest absolute Gasteiger partial charge is 0.481 e. The van der Waals surface area contributed by atoms with Crippen molar-refractivity contribution >= 4 is 5.97 Å². The van der Waals surface area contributed by atoms with E-state index in [0.29, 0.717) is 12.0 Å². The first kappa shape index (κ1) is 13.2. The van der Waals surface area contributed by atoms with Gasteiger partial charge in [-0.1, -0.05) is 17.9 Å². The van der Waals surface area contributed by atoms with Crippen LogP contribution in [-0.4, -0.2) is 24.7 Å². The van der Waals surface area contributed by atoms with Gasteiger partial charge >= 0.3 is 5.97 Å². The number of hydrogen-bond acceptors (Lipinski definition) is 2. The molecule has 0 spiro atoms. The molecule has 0 aliphatic heterocycles. The molecule has 17 heavy (non-hydrogen) atoms. The molecule has 0 radical (unpaired) electrons. The lowest BCUT2D eigenvalue weighted by atomic mass is 10.1. The van der Waals surface area contributed by atoms with E-state index in [2.05, 4.69) is 17.2 Å². The summed E-state index contributed by atoms with van der Waals surface area (Å²) >= 11 is 0. The minimum Gasteiger partial charge on any atom is -0.481 e. The van der Waals surface area contributed by atoms with E-state index in [4.69, 9.17) is 5.11 Å². The van der Waals surface area contributed by atoms with Crippen molar-refractivity contribution in [2.75, 3.05) is 13.6 Å². The zero-order valence-corrected chi connectivity index (χ0v) is 9.59. The second-order valence-electron chi connectivity index (χ2n) is 3.53. The maximum atomic E-state index is 13.4. The Bertz CT molecular complexity index is 460. The van der Waals surface area contributed by atoms with E-state index in [1.165, 1.54) is 12.1 Å². The van der Waals surface area contributed by atoms with Crippen molar-refractivity contribution in [2.24, 2.45) is 0 Å². The molecule has 1 aromatic carbocycles. The monoisotopic (exact) mass is 235 g/mol. The summed E-state index contributed by atoms with van der Waals surface area (Å²) in [5.74, 6) is 4.15. The van der Waals surface area contributed by atoms with Gasteiger partial charge in [0.2, 0.25) is 0 Å². The second kappa shape index (κ2) is 6.66. The van der Waals surface area contributed by atoms with E-state index in [0.717, 1.165) is 6.54 Å². The fraction of sp³-hybridized carbons (Fsp3) is 0.308. The quantitative estimate of drug-likeness (QED) is 0.613. The minimum absolute atomic E-state index is 0.179. The molecule has 0 amide bonds. The van der Waals surface area contributed by atoms with E-state index < -0.39 is 11.8 Å². The molecule has 1 rings (SSSR count). The third kappa shape index (κ3) is 4.66. The van der Waals surface area contributed by atoms with E-state index >= 15 is 0 Å². The highest BCUT2D eigenvalue weighted by Gasteiger charge is 2.06. The van der Waals surface area contributed by atoms with Gasteiger partial charge in [0.05, 0.1) is 6.42 Å². The third-order valence-electron chi connectivity index (χ3n) is 2.13. The van der Waals surface area contributed by atoms with Crippen LogP contribution < -0.4 is 5.32 Å². The molecule has 1 aromatic rings. The van der Waals surface area contributed by atoms with Crippen molar-refractivity contribution in [1.82, 2.24) is 5.32 Å². The second-order valence-corrected chi connectivity index (χ2v) is 3.53. The van der Waals surface area contributed by atoms with Gasteiger partial charge in [-0.3, -0.25) is 4.79 Å². The van der Waals surface area contributed by atoms with E-state index in [-0.39, 0.29) is 12.0 Å². The number of hydrogen-bond donors (Lipinski definition) is 2. The molecule has 0 atom stereocenters. The lowest BCUT2D eigenvalue weighted by Gasteiger charge is -1.99. The van der Waals surface area contributed by atoms with Crippen molar-refractivity contribution in [1.29, 1.82) is 0 Å². The van der Waals surface area contributed by atoms with Crippen LogP contribution in [0.5, 0.6) is 0 Å². The zero-order valence-electron chi connectivity index (χ0n) is 9.59. The van der Waals surface area contributed by atoms with E-state index in [9.17, 15) is 9.18 Å². The average molecular weight is 235 g/mol. The summed E-state index contributed by atoms with van der Waals surface area (Å²) in [6, 6.07) is 4.36. The molecule has 0 fully saturated rings. The Hall–Kier alpha value is -1.86. The number of aliphatic carboxylic acids is 1. The first-order valence-corrected chi connectivity index (χ1v) is 5.27. The molecule has 0 saturated heterocycles. The molecule has 3 nitrogen and oxygen atoms in total. The fourth-order valence-corrected chi connectivity index (χ4v) is 1.28. The van der Waals surface area contributed by atoms with Crippen LogP contribution in [0, 0.1) is 17.7 Å². The zero-order chi connectivity index (χ0) is 12.7. The number of halogens is 1. The lowest BCUT2D eigenvalue weighted by molar-refractivity contribution is -0.136. The summed E-state index contributed by atoms with van der Waals surface area (Å²) in [4.78, 5) is 10.4. The topological polar surface area (TPSA) is 49.3 Å². The maximum Gasteiger partial charge on any atom is 0.307 e. The summed E-state index contributed by atoms with van der Waals surface area (Å²) < 4.78 is 13.4. The molecule has 0 unspecified atom stereocenters. The third-order valence-corrected chi connectivity index (χ3v) is 2.13. The molecular formula is C13H14FNO2. The van der Waals surface area contributed by atoms with Crippen LogP contribution in [0.25, 0.3) is 0 Å². The average Bonchev–Trinajstić information content (AvgIpc) is 2.27. The predicted octanol–water partition coefficient (Wildman–Crippen LogP) is 1.41. The van der Waals surface area contributed by atoms with Crippen LogP contribution in [-0.2, 0) is 11.2 Å². The molecule has 0 saturated carbocycles. The first-order chi connectivity index (χ1) is 8.13. The minimum atomic E-state index is -1.04. The van der Waals surface area contributed by atoms with Crippen molar-refractivity contribution < 1.29 is 14.3 Å². The molecule has 0 aromatic heterocycles. The molecule has 2 N–H and O–H groups in total. The van der Waals surface area contributed by atoms with Crippen LogP contribution >= 0.6 is 0 Å². The summed E-state index contributed by atoms with van der Waals surface area (Å²) in [6.07, 6.45) is 0.383. The Morgan fingerprint density at radius 1 is 1.53 bits per heavy atom. The summed E-state index contributed by atoms with van der Waals surface area (Å²) in [7, 11) is 1.84. The maximum absolute atomic E-state index is 13.4. The first-order valence-electron chi connectivity index (χ1n) is 5.27. The van der Waals surface area contributed by atoms with Crippen molar-refractivity contribution in [3.8, 4) is 11.8 Å². The Labute approximate surface area is 99.7 Å². The highest BCUT2D eigenvalue weighted by molar-refractivity contribution is 5.70. The van der Waals surface area contributed by atoms with Crippen molar-refractivity contribution in [3.63, 3.8) is 0 Å². The summed E-state index contributed by atoms with van der Waals surface area (Å²) in [5, 5.41) is 11.5. The fourth-order valence-electron chi connectivity index (χ4n) is 1.28. The smallest absolute Gasteiger partial charge is 0.307 e. The Kier molecular flexibility index (Phi) is 5.18. The van der Waals surface area contributed by atoms with Crippen LogP contribution in [0.2, 0.25) is 0 Å². The van der Waals surface area contributed by atoms with Gasteiger partial charge in [-0.05, 0) is 24.7 Å². The van der Waals surface area contributed by atoms with Gasteiger partial charge in [-0.25, -0.2) is 4.39 Å². The Morgan fingerprint density at radius 3 is 2.88 bits per heavy atom. The van der Waals surface area contributed by atoms with Gasteiger partial charge in [0, 0.05) is 18.5 Å². The number of rotatable bonds is 4. The predicted molar refractivity (Wildman–Crippen MR) is 63.2 cm³/mol. The van der Waals surface area contributed by atoms with Gasteiger partial charge in [0.1, 0.15) is 5.82 Å². The number of nitrogens with one attached hydrogen (secondary N) is 1. The Morgan fingerprint density at radius 2 is 2.29 bits per heavy atom. The number of carbonyl (C=O) groups is 1. The van der Waals surface area contributed by atoms with Gasteiger partial charge < -0.3 is 10.4 Å². The molecule has 0 aliphatic rings. The number of carboxylic acids is 1. The van der Waals surface area contributed by atoms with E-state index in [1.807, 2.05) is 7.05 Å². The van der Waals surface area contributed by atoms with Crippen molar-refractivity contribution in [3.05, 3.63) is 35.1 Å². The molecule has 4 heteroatoms. The van der Waals surface area contributed by atoms with Gasteiger partial charge in [-0.15, -0.1) is 0 Å². The summed E-state index contributed by atoms with van der Waals surface area (Å²) in [6.45, 7) is 0.784. The molecule has 0 bridgehead atoms. The molecule has 0 aliphatic carbocycles. The Balaban J connectivity index is 2.73. The molecular weight excluding hydrogens is 221 g/mol. The molecule has 90 valence electrons. The highest BCUT2D eigenvalue weighted by Crippen LogP contribution is 2.10. The van der Waals surface area contributed by atoms with E-state index in [1.54, 1.807) is 6.07 Å². The lowest BCUT2D eigenvalue weighted by Crippen LogP contribution is -2.05. The van der Waals surface area contributed by atoms with Gasteiger partial charge in [-0.2, -0.15) is 0 Å².